The van der Waals surface area contributed by atoms with E-state index in [4.69, 9.17) is 11.6 Å². The van der Waals surface area contributed by atoms with E-state index in [0.717, 1.165) is 17.0 Å². The summed E-state index contributed by atoms with van der Waals surface area (Å²) in [6.45, 7) is 2.06. The van der Waals surface area contributed by atoms with Gasteiger partial charge in [0.05, 0.1) is 12.7 Å². The maximum absolute atomic E-state index is 11.3. The van der Waals surface area contributed by atoms with Gasteiger partial charge in [0.1, 0.15) is 0 Å². The zero-order valence-corrected chi connectivity index (χ0v) is 11.7. The highest BCUT2D eigenvalue weighted by molar-refractivity contribution is 6.30. The third-order valence-electron chi connectivity index (χ3n) is 3.08. The van der Waals surface area contributed by atoms with Crippen molar-refractivity contribution in [1.82, 2.24) is 0 Å². The molecule has 2 rings (SSSR count). The number of hydrogen-bond donors (Lipinski definition) is 0. The van der Waals surface area contributed by atoms with E-state index in [-0.39, 0.29) is 5.97 Å². The van der Waals surface area contributed by atoms with Crippen LogP contribution < -0.4 is 0 Å². The Kier molecular flexibility index (Phi) is 4.23. The molecule has 0 atom stereocenters. The molecular weight excluding hydrogens is 260 g/mol. The van der Waals surface area contributed by atoms with Crippen LogP contribution in [-0.2, 0) is 11.2 Å². The Morgan fingerprint density at radius 1 is 1.16 bits per heavy atom. The number of hydrogen-bond acceptors (Lipinski definition) is 2. The molecule has 0 aliphatic carbocycles. The number of ether oxygens (including phenoxy) is 1. The van der Waals surface area contributed by atoms with Crippen LogP contribution in [-0.4, -0.2) is 13.1 Å². The zero-order chi connectivity index (χ0) is 13.8. The number of halogens is 1. The lowest BCUT2D eigenvalue weighted by Gasteiger charge is -2.07. The smallest absolute Gasteiger partial charge is 0.337 e. The van der Waals surface area contributed by atoms with Crippen molar-refractivity contribution in [2.75, 3.05) is 7.11 Å². The Hall–Kier alpha value is -1.80. The van der Waals surface area contributed by atoms with Crippen molar-refractivity contribution in [2.45, 2.75) is 13.3 Å². The molecule has 0 amide bonds. The van der Waals surface area contributed by atoms with Crippen molar-refractivity contribution in [3.8, 4) is 0 Å². The van der Waals surface area contributed by atoms with Crippen molar-refractivity contribution in [2.24, 2.45) is 0 Å². The Morgan fingerprint density at radius 3 is 2.47 bits per heavy atom. The lowest BCUT2D eigenvalue weighted by atomic mass is 10.00. The van der Waals surface area contributed by atoms with Crippen LogP contribution in [0.1, 0.15) is 27.0 Å². The maximum atomic E-state index is 11.3. The summed E-state index contributed by atoms with van der Waals surface area (Å²) in [6.07, 6.45) is 0.799. The first-order chi connectivity index (χ1) is 9.10. The lowest BCUT2D eigenvalue weighted by molar-refractivity contribution is 0.0600. The summed E-state index contributed by atoms with van der Waals surface area (Å²) in [6, 6.07) is 13.3. The summed E-state index contributed by atoms with van der Waals surface area (Å²) in [5, 5.41) is 0.742. The normalized spacial score (nSPS) is 10.3. The van der Waals surface area contributed by atoms with Crippen LogP contribution in [0.25, 0.3) is 0 Å². The standard InChI is InChI=1S/C16H15ClO2/c1-11-3-8-15(17)10-14(11)9-12-4-6-13(7-5-12)16(18)19-2/h3-8,10H,9H2,1-2H3. The van der Waals surface area contributed by atoms with Gasteiger partial charge >= 0.3 is 5.97 Å². The van der Waals surface area contributed by atoms with Gasteiger partial charge in [0.15, 0.2) is 0 Å². The van der Waals surface area contributed by atoms with E-state index in [0.29, 0.717) is 5.56 Å². The molecule has 0 saturated heterocycles. The molecule has 0 aliphatic heterocycles. The molecule has 2 nitrogen and oxygen atoms in total. The van der Waals surface area contributed by atoms with Crippen LogP contribution in [0.3, 0.4) is 0 Å². The minimum absolute atomic E-state index is 0.314. The molecule has 2 aromatic rings. The second-order valence-electron chi connectivity index (χ2n) is 4.44. The number of methoxy groups -OCH3 is 1. The zero-order valence-electron chi connectivity index (χ0n) is 10.9. The second kappa shape index (κ2) is 5.89. The fraction of sp³-hybridized carbons (Fsp3) is 0.188. The number of rotatable bonds is 3. The number of benzene rings is 2. The number of aryl methyl sites for hydroxylation is 1. The van der Waals surface area contributed by atoms with E-state index in [1.165, 1.54) is 18.2 Å². The monoisotopic (exact) mass is 274 g/mol. The van der Waals surface area contributed by atoms with Crippen molar-refractivity contribution in [3.05, 3.63) is 69.7 Å². The first kappa shape index (κ1) is 13.6. The Balaban J connectivity index is 2.19. The average molecular weight is 275 g/mol. The summed E-state index contributed by atoms with van der Waals surface area (Å²) < 4.78 is 4.67. The molecule has 0 radical (unpaired) electrons. The van der Waals surface area contributed by atoms with Gasteiger partial charge in [-0.1, -0.05) is 29.8 Å². The summed E-state index contributed by atoms with van der Waals surface area (Å²) in [5.41, 5.74) is 4.10. The van der Waals surface area contributed by atoms with Crippen LogP contribution >= 0.6 is 11.6 Å². The van der Waals surface area contributed by atoms with Gasteiger partial charge in [0.25, 0.3) is 0 Å². The highest BCUT2D eigenvalue weighted by atomic mass is 35.5. The second-order valence-corrected chi connectivity index (χ2v) is 4.87. The maximum Gasteiger partial charge on any atom is 0.337 e. The summed E-state index contributed by atoms with van der Waals surface area (Å²) in [7, 11) is 1.38. The van der Waals surface area contributed by atoms with Gasteiger partial charge in [-0.2, -0.15) is 0 Å². The van der Waals surface area contributed by atoms with Crippen LogP contribution in [0.2, 0.25) is 5.02 Å². The number of carbonyl (C=O) groups is 1. The fourth-order valence-electron chi connectivity index (χ4n) is 1.93. The van der Waals surface area contributed by atoms with Crippen LogP contribution in [0.5, 0.6) is 0 Å². The minimum atomic E-state index is -0.314. The Morgan fingerprint density at radius 2 is 1.84 bits per heavy atom. The van der Waals surface area contributed by atoms with Crippen LogP contribution in [0.4, 0.5) is 0 Å². The number of esters is 1. The van der Waals surface area contributed by atoms with E-state index in [9.17, 15) is 4.79 Å². The molecule has 0 aliphatic rings. The first-order valence-corrected chi connectivity index (χ1v) is 6.40. The molecule has 0 spiro atoms. The lowest BCUT2D eigenvalue weighted by Crippen LogP contribution is -2.01. The van der Waals surface area contributed by atoms with Crippen molar-refractivity contribution >= 4 is 17.6 Å². The van der Waals surface area contributed by atoms with Crippen molar-refractivity contribution < 1.29 is 9.53 Å². The van der Waals surface area contributed by atoms with E-state index >= 15 is 0 Å². The molecular formula is C16H15ClO2. The van der Waals surface area contributed by atoms with Gasteiger partial charge in [-0.25, -0.2) is 4.79 Å². The molecule has 0 N–H and O–H groups in total. The summed E-state index contributed by atoms with van der Waals surface area (Å²) >= 11 is 6.01. The van der Waals surface area contributed by atoms with E-state index in [1.807, 2.05) is 30.3 Å². The van der Waals surface area contributed by atoms with Crippen LogP contribution in [0, 0.1) is 6.92 Å². The Bertz CT molecular complexity index is 588. The highest BCUT2D eigenvalue weighted by Gasteiger charge is 2.06. The Labute approximate surface area is 118 Å². The summed E-state index contributed by atoms with van der Waals surface area (Å²) in [4.78, 5) is 11.3. The fourth-order valence-corrected chi connectivity index (χ4v) is 2.12. The molecule has 0 heterocycles. The first-order valence-electron chi connectivity index (χ1n) is 6.02. The van der Waals surface area contributed by atoms with Gasteiger partial charge < -0.3 is 4.74 Å². The molecule has 0 unspecified atom stereocenters. The highest BCUT2D eigenvalue weighted by Crippen LogP contribution is 2.19. The van der Waals surface area contributed by atoms with E-state index in [2.05, 4.69) is 11.7 Å². The number of carbonyl (C=O) groups excluding carboxylic acids is 1. The van der Waals surface area contributed by atoms with Gasteiger partial charge in [0, 0.05) is 5.02 Å². The molecule has 98 valence electrons. The van der Waals surface area contributed by atoms with Gasteiger partial charge in [-0.3, -0.25) is 0 Å². The van der Waals surface area contributed by atoms with E-state index in [1.54, 1.807) is 12.1 Å². The summed E-state index contributed by atoms with van der Waals surface area (Å²) in [5.74, 6) is -0.314. The molecule has 0 bridgehead atoms. The minimum Gasteiger partial charge on any atom is -0.465 e. The van der Waals surface area contributed by atoms with Crippen LogP contribution in [0.15, 0.2) is 42.5 Å². The molecule has 0 saturated carbocycles. The van der Waals surface area contributed by atoms with Crippen molar-refractivity contribution in [3.63, 3.8) is 0 Å². The molecule has 19 heavy (non-hydrogen) atoms. The SMILES string of the molecule is COC(=O)c1ccc(Cc2cc(Cl)ccc2C)cc1. The predicted molar refractivity (Wildman–Crippen MR) is 76.8 cm³/mol. The van der Waals surface area contributed by atoms with E-state index < -0.39 is 0 Å². The largest absolute Gasteiger partial charge is 0.465 e. The molecule has 0 fully saturated rings. The molecule has 3 heteroatoms. The van der Waals surface area contributed by atoms with Gasteiger partial charge in [-0.05, 0) is 54.3 Å². The average Bonchev–Trinajstić information content (AvgIpc) is 2.43. The topological polar surface area (TPSA) is 26.3 Å². The quantitative estimate of drug-likeness (QED) is 0.790. The molecule has 2 aromatic carbocycles. The third kappa shape index (κ3) is 3.36. The third-order valence-corrected chi connectivity index (χ3v) is 3.32. The van der Waals surface area contributed by atoms with Crippen molar-refractivity contribution in [1.29, 1.82) is 0 Å². The molecule has 0 aromatic heterocycles. The van der Waals surface area contributed by atoms with Gasteiger partial charge in [-0.15, -0.1) is 0 Å². The van der Waals surface area contributed by atoms with Gasteiger partial charge in [0.2, 0.25) is 0 Å². The predicted octanol–water partition coefficient (Wildman–Crippen LogP) is 4.03.